The van der Waals surface area contributed by atoms with Gasteiger partial charge in [0.1, 0.15) is 17.3 Å². The number of carbonyl (C=O) groups excluding carboxylic acids is 2. The molecule has 1 amide bonds. The van der Waals surface area contributed by atoms with Crippen molar-refractivity contribution >= 4 is 29.1 Å². The van der Waals surface area contributed by atoms with Crippen LogP contribution < -0.4 is 4.74 Å². The van der Waals surface area contributed by atoms with E-state index in [1.165, 1.54) is 35.2 Å². The minimum Gasteiger partial charge on any atom is -0.507 e. The molecule has 3 rings (SSSR count). The van der Waals surface area contributed by atoms with Gasteiger partial charge in [0.05, 0.1) is 23.2 Å². The van der Waals surface area contributed by atoms with Gasteiger partial charge in [-0.1, -0.05) is 23.7 Å². The zero-order valence-corrected chi connectivity index (χ0v) is 19.0. The second-order valence-electron chi connectivity index (χ2n) is 7.78. The molecule has 0 saturated carbocycles. The van der Waals surface area contributed by atoms with Gasteiger partial charge < -0.3 is 19.6 Å². The van der Waals surface area contributed by atoms with Crippen molar-refractivity contribution in [1.29, 1.82) is 0 Å². The summed E-state index contributed by atoms with van der Waals surface area (Å²) in [5.74, 6) is -1.80. The fourth-order valence-corrected chi connectivity index (χ4v) is 3.97. The Kier molecular flexibility index (Phi) is 7.53. The van der Waals surface area contributed by atoms with Crippen LogP contribution in [0.1, 0.15) is 30.5 Å². The lowest BCUT2D eigenvalue weighted by Gasteiger charge is -2.26. The summed E-state index contributed by atoms with van der Waals surface area (Å²) < 4.78 is 19.0. The van der Waals surface area contributed by atoms with Gasteiger partial charge in [-0.2, -0.15) is 0 Å². The van der Waals surface area contributed by atoms with E-state index in [2.05, 4.69) is 0 Å². The maximum Gasteiger partial charge on any atom is 0.295 e. The SMILES string of the molecule is CCOc1ccc(/C(O)=C2\C(=O)C(=O)N(CCCN(C)C)[C@@H]2c2ccc(F)cc2)cc1Cl. The molecule has 1 heterocycles. The summed E-state index contributed by atoms with van der Waals surface area (Å²) in [6.45, 7) is 3.28. The smallest absolute Gasteiger partial charge is 0.295 e. The first kappa shape index (κ1) is 23.8. The highest BCUT2D eigenvalue weighted by molar-refractivity contribution is 6.46. The number of carbonyl (C=O) groups is 2. The van der Waals surface area contributed by atoms with Crippen LogP contribution >= 0.6 is 11.6 Å². The van der Waals surface area contributed by atoms with Crippen molar-refractivity contribution in [3.63, 3.8) is 0 Å². The minimum atomic E-state index is -0.830. The summed E-state index contributed by atoms with van der Waals surface area (Å²) in [6.07, 6.45) is 0.632. The molecule has 170 valence electrons. The Hall–Kier alpha value is -2.90. The van der Waals surface area contributed by atoms with Crippen LogP contribution in [0.3, 0.4) is 0 Å². The van der Waals surface area contributed by atoms with Crippen molar-refractivity contribution in [3.05, 3.63) is 70.0 Å². The molecule has 2 aromatic rings. The van der Waals surface area contributed by atoms with Crippen molar-refractivity contribution in [2.75, 3.05) is 33.8 Å². The predicted molar refractivity (Wildman–Crippen MR) is 121 cm³/mol. The number of benzene rings is 2. The number of hydrogen-bond acceptors (Lipinski definition) is 5. The summed E-state index contributed by atoms with van der Waals surface area (Å²) in [4.78, 5) is 29.3. The summed E-state index contributed by atoms with van der Waals surface area (Å²) in [5, 5.41) is 11.3. The lowest BCUT2D eigenvalue weighted by atomic mass is 9.95. The first-order chi connectivity index (χ1) is 15.2. The van der Waals surface area contributed by atoms with E-state index in [0.29, 0.717) is 37.4 Å². The molecule has 0 spiro atoms. The van der Waals surface area contributed by atoms with Gasteiger partial charge in [-0.3, -0.25) is 9.59 Å². The third-order valence-electron chi connectivity index (χ3n) is 5.24. The van der Waals surface area contributed by atoms with E-state index in [1.807, 2.05) is 25.9 Å². The molecule has 32 heavy (non-hydrogen) atoms. The van der Waals surface area contributed by atoms with Gasteiger partial charge in [0, 0.05) is 12.1 Å². The number of nitrogens with zero attached hydrogens (tertiary/aromatic N) is 2. The van der Waals surface area contributed by atoms with Crippen LogP contribution in [0, 0.1) is 5.82 Å². The van der Waals surface area contributed by atoms with Crippen molar-refractivity contribution in [1.82, 2.24) is 9.80 Å². The fraction of sp³-hybridized carbons (Fsp3) is 0.333. The summed E-state index contributed by atoms with van der Waals surface area (Å²) in [6, 6.07) is 9.40. The highest BCUT2D eigenvalue weighted by Crippen LogP contribution is 2.40. The van der Waals surface area contributed by atoms with Crippen LogP contribution in [-0.2, 0) is 9.59 Å². The monoisotopic (exact) mass is 460 g/mol. The number of ether oxygens (including phenoxy) is 1. The molecular weight excluding hydrogens is 435 g/mol. The molecule has 2 aromatic carbocycles. The topological polar surface area (TPSA) is 70.1 Å². The van der Waals surface area contributed by atoms with Gasteiger partial charge in [0.2, 0.25) is 0 Å². The van der Waals surface area contributed by atoms with E-state index >= 15 is 0 Å². The molecule has 0 aliphatic carbocycles. The standard InChI is InChI=1S/C24H26ClFN2O4/c1-4-32-19-11-8-16(14-18(19)25)22(29)20-21(15-6-9-17(26)10-7-15)28(24(31)23(20)30)13-5-12-27(2)3/h6-11,14,21,29H,4-5,12-13H2,1-3H3/b22-20+/t21-/m1/s1. The fourth-order valence-electron chi connectivity index (χ4n) is 3.74. The molecule has 1 saturated heterocycles. The minimum absolute atomic E-state index is 0.0494. The summed E-state index contributed by atoms with van der Waals surface area (Å²) in [5.41, 5.74) is 0.776. The Morgan fingerprint density at radius 3 is 2.47 bits per heavy atom. The maximum absolute atomic E-state index is 13.5. The van der Waals surface area contributed by atoms with E-state index in [9.17, 15) is 19.1 Å². The number of hydrogen-bond donors (Lipinski definition) is 1. The number of ketones is 1. The second-order valence-corrected chi connectivity index (χ2v) is 8.19. The Balaban J connectivity index is 2.08. The zero-order valence-electron chi connectivity index (χ0n) is 18.3. The number of rotatable bonds is 8. The second kappa shape index (κ2) is 10.1. The van der Waals surface area contributed by atoms with Crippen molar-refractivity contribution in [2.45, 2.75) is 19.4 Å². The average Bonchev–Trinajstić information content (AvgIpc) is 3.00. The quantitative estimate of drug-likeness (QED) is 0.362. The predicted octanol–water partition coefficient (Wildman–Crippen LogP) is 4.25. The van der Waals surface area contributed by atoms with E-state index in [1.54, 1.807) is 12.1 Å². The third kappa shape index (κ3) is 4.95. The van der Waals surface area contributed by atoms with Crippen molar-refractivity contribution < 1.29 is 23.8 Å². The summed E-state index contributed by atoms with van der Waals surface area (Å²) in [7, 11) is 3.84. The number of likely N-dealkylation sites (tertiary alicyclic amines) is 1. The molecule has 1 aliphatic heterocycles. The van der Waals surface area contributed by atoms with Gasteiger partial charge in [-0.25, -0.2) is 4.39 Å². The van der Waals surface area contributed by atoms with E-state index in [0.717, 1.165) is 0 Å². The first-order valence-electron chi connectivity index (χ1n) is 10.4. The molecule has 1 aliphatic rings. The number of halogens is 2. The molecule has 1 N–H and O–H groups in total. The van der Waals surface area contributed by atoms with Crippen LogP contribution in [0.15, 0.2) is 48.0 Å². The largest absolute Gasteiger partial charge is 0.507 e. The average molecular weight is 461 g/mol. The van der Waals surface area contributed by atoms with Gasteiger partial charge in [0.25, 0.3) is 11.7 Å². The molecule has 0 radical (unpaired) electrons. The molecule has 0 aromatic heterocycles. The van der Waals surface area contributed by atoms with Crippen LogP contribution in [0.4, 0.5) is 4.39 Å². The zero-order chi connectivity index (χ0) is 23.4. The lowest BCUT2D eigenvalue weighted by Crippen LogP contribution is -2.32. The maximum atomic E-state index is 13.5. The van der Waals surface area contributed by atoms with Crippen LogP contribution in [0.25, 0.3) is 5.76 Å². The molecule has 1 atom stereocenters. The van der Waals surface area contributed by atoms with Gasteiger partial charge >= 0.3 is 0 Å². The molecular formula is C24H26ClFN2O4. The van der Waals surface area contributed by atoms with Crippen LogP contribution in [0.2, 0.25) is 5.02 Å². The number of aliphatic hydroxyl groups excluding tert-OH is 1. The van der Waals surface area contributed by atoms with Crippen molar-refractivity contribution in [3.8, 4) is 5.75 Å². The Labute approximate surface area is 191 Å². The van der Waals surface area contributed by atoms with E-state index in [-0.39, 0.29) is 21.9 Å². The Morgan fingerprint density at radius 1 is 1.19 bits per heavy atom. The van der Waals surface area contributed by atoms with Crippen LogP contribution in [-0.4, -0.2) is 60.4 Å². The molecule has 0 unspecified atom stereocenters. The Morgan fingerprint density at radius 2 is 1.88 bits per heavy atom. The van der Waals surface area contributed by atoms with E-state index in [4.69, 9.17) is 16.3 Å². The molecule has 6 nitrogen and oxygen atoms in total. The highest BCUT2D eigenvalue weighted by Gasteiger charge is 2.45. The molecule has 0 bridgehead atoms. The normalized spacial score (nSPS) is 17.9. The van der Waals surface area contributed by atoms with Gasteiger partial charge in [-0.05, 0) is 69.9 Å². The number of amides is 1. The van der Waals surface area contributed by atoms with Gasteiger partial charge in [-0.15, -0.1) is 0 Å². The third-order valence-corrected chi connectivity index (χ3v) is 5.53. The number of Topliss-reactive ketones (excluding diaryl/α,β-unsaturated/α-hetero) is 1. The van der Waals surface area contributed by atoms with Gasteiger partial charge in [0.15, 0.2) is 0 Å². The van der Waals surface area contributed by atoms with Crippen molar-refractivity contribution in [2.24, 2.45) is 0 Å². The van der Waals surface area contributed by atoms with Crippen LogP contribution in [0.5, 0.6) is 5.75 Å². The molecule has 8 heteroatoms. The van der Waals surface area contributed by atoms with E-state index < -0.39 is 23.5 Å². The Bertz CT molecular complexity index is 1040. The number of aliphatic hydroxyl groups is 1. The first-order valence-corrected chi connectivity index (χ1v) is 10.7. The highest BCUT2D eigenvalue weighted by atomic mass is 35.5. The molecule has 1 fully saturated rings. The summed E-state index contributed by atoms with van der Waals surface area (Å²) >= 11 is 6.25. The lowest BCUT2D eigenvalue weighted by molar-refractivity contribution is -0.139.